The second-order valence-electron chi connectivity index (χ2n) is 4.04. The van der Waals surface area contributed by atoms with Crippen molar-refractivity contribution in [3.05, 3.63) is 29.6 Å². The summed E-state index contributed by atoms with van der Waals surface area (Å²) in [5, 5.41) is 0. The molecule has 2 heterocycles. The van der Waals surface area contributed by atoms with Gasteiger partial charge in [0.05, 0.1) is 0 Å². The molecule has 1 fully saturated rings. The molecule has 6 nitrogen and oxygen atoms in total. The highest BCUT2D eigenvalue weighted by Crippen LogP contribution is 2.18. The summed E-state index contributed by atoms with van der Waals surface area (Å²) in [6.07, 6.45) is 1.59. The predicted octanol–water partition coefficient (Wildman–Crippen LogP) is -0.292. The maximum absolute atomic E-state index is 11.9. The number of pyridine rings is 1. The lowest BCUT2D eigenvalue weighted by molar-refractivity contribution is 0.444. The summed E-state index contributed by atoms with van der Waals surface area (Å²) >= 11 is 4.91. The van der Waals surface area contributed by atoms with Gasteiger partial charge < -0.3 is 5.73 Å². The van der Waals surface area contributed by atoms with E-state index < -0.39 is 10.2 Å². The molecule has 18 heavy (non-hydrogen) atoms. The Morgan fingerprint density at radius 2 is 2.28 bits per heavy atom. The van der Waals surface area contributed by atoms with Crippen molar-refractivity contribution in [3.8, 4) is 0 Å². The predicted molar refractivity (Wildman–Crippen MR) is 72.1 cm³/mol. The van der Waals surface area contributed by atoms with Crippen LogP contribution < -0.4 is 5.73 Å². The van der Waals surface area contributed by atoms with E-state index in [1.54, 1.807) is 25.4 Å². The summed E-state index contributed by atoms with van der Waals surface area (Å²) in [4.78, 5) is 4.26. The van der Waals surface area contributed by atoms with Crippen molar-refractivity contribution in [3.63, 3.8) is 0 Å². The molecule has 8 heteroatoms. The third-order valence-electron chi connectivity index (χ3n) is 2.86. The molecule has 0 atom stereocenters. The van der Waals surface area contributed by atoms with Crippen LogP contribution in [0, 0.1) is 0 Å². The molecule has 0 saturated carbocycles. The van der Waals surface area contributed by atoms with Gasteiger partial charge in [-0.2, -0.15) is 17.0 Å². The van der Waals surface area contributed by atoms with Crippen molar-refractivity contribution in [2.75, 3.05) is 20.1 Å². The maximum Gasteiger partial charge on any atom is 0.282 e. The van der Waals surface area contributed by atoms with Gasteiger partial charge in [0.25, 0.3) is 10.2 Å². The molecule has 0 spiro atoms. The van der Waals surface area contributed by atoms with E-state index in [2.05, 4.69) is 4.98 Å². The second kappa shape index (κ2) is 4.88. The number of likely N-dealkylation sites (N-methyl/N-ethyl adjacent to an activating group) is 1. The lowest BCUT2D eigenvalue weighted by atomic mass is 10.2. The summed E-state index contributed by atoms with van der Waals surface area (Å²) < 4.78 is 26.6. The lowest BCUT2D eigenvalue weighted by Crippen LogP contribution is -2.31. The summed E-state index contributed by atoms with van der Waals surface area (Å²) in [5.41, 5.74) is 6.78. The largest absolute Gasteiger partial charge is 0.388 e. The molecule has 0 aliphatic carbocycles. The first-order valence-corrected chi connectivity index (χ1v) is 7.18. The topological polar surface area (TPSA) is 79.5 Å². The van der Waals surface area contributed by atoms with Crippen LogP contribution in [-0.2, 0) is 16.8 Å². The Kier molecular flexibility index (Phi) is 3.62. The van der Waals surface area contributed by atoms with E-state index in [4.69, 9.17) is 18.0 Å². The van der Waals surface area contributed by atoms with Gasteiger partial charge in [-0.1, -0.05) is 18.3 Å². The highest BCUT2D eigenvalue weighted by molar-refractivity contribution is 7.86. The Hall–Kier alpha value is -1.09. The van der Waals surface area contributed by atoms with Crippen molar-refractivity contribution in [1.82, 2.24) is 13.6 Å². The van der Waals surface area contributed by atoms with Crippen LogP contribution in [0.5, 0.6) is 0 Å². The number of thiocarbonyl (C=S) groups is 1. The van der Waals surface area contributed by atoms with Crippen LogP contribution in [0.4, 0.5) is 0 Å². The minimum atomic E-state index is -3.35. The van der Waals surface area contributed by atoms with E-state index in [0.717, 1.165) is 5.56 Å². The monoisotopic (exact) mass is 286 g/mol. The molecule has 0 bridgehead atoms. The SMILES string of the molecule is CN1CCN(Cc2cccnc2C(N)=S)S1(=O)=O. The average molecular weight is 286 g/mol. The van der Waals surface area contributed by atoms with Crippen molar-refractivity contribution in [1.29, 1.82) is 0 Å². The quantitative estimate of drug-likeness (QED) is 0.772. The standard InChI is InChI=1S/C10H14N4O2S2/c1-13-5-6-14(18(13,15)16)7-8-3-2-4-12-9(8)10(11)17/h2-4H,5-7H2,1H3,(H2,11,17). The van der Waals surface area contributed by atoms with Crippen molar-refractivity contribution < 1.29 is 8.42 Å². The van der Waals surface area contributed by atoms with Gasteiger partial charge >= 0.3 is 0 Å². The van der Waals surface area contributed by atoms with Crippen molar-refractivity contribution in [2.45, 2.75) is 6.54 Å². The zero-order valence-electron chi connectivity index (χ0n) is 9.91. The molecule has 2 rings (SSSR count). The summed E-state index contributed by atoms with van der Waals surface area (Å²) in [6.45, 7) is 1.20. The number of aromatic nitrogens is 1. The fourth-order valence-corrected chi connectivity index (χ4v) is 3.32. The number of nitrogens with zero attached hydrogens (tertiary/aromatic N) is 3. The lowest BCUT2D eigenvalue weighted by Gasteiger charge is -2.17. The summed E-state index contributed by atoms with van der Waals surface area (Å²) in [6, 6.07) is 3.53. The molecule has 0 aromatic carbocycles. The van der Waals surface area contributed by atoms with Crippen LogP contribution in [0.2, 0.25) is 0 Å². The number of hydrogen-bond donors (Lipinski definition) is 1. The van der Waals surface area contributed by atoms with Gasteiger partial charge in [-0.15, -0.1) is 0 Å². The van der Waals surface area contributed by atoms with Gasteiger partial charge in [0.15, 0.2) is 0 Å². The van der Waals surface area contributed by atoms with Crippen molar-refractivity contribution in [2.24, 2.45) is 5.73 Å². The Labute approximate surface area is 112 Å². The Bertz CT molecular complexity index is 573. The van der Waals surface area contributed by atoms with Crippen LogP contribution in [-0.4, -0.2) is 47.1 Å². The van der Waals surface area contributed by atoms with E-state index in [9.17, 15) is 8.42 Å². The van der Waals surface area contributed by atoms with E-state index in [-0.39, 0.29) is 11.5 Å². The number of hydrogen-bond acceptors (Lipinski definition) is 4. The molecule has 1 aliphatic rings. The van der Waals surface area contributed by atoms with E-state index in [1.807, 2.05) is 0 Å². The first-order chi connectivity index (χ1) is 8.43. The molecular weight excluding hydrogens is 272 g/mol. The summed E-state index contributed by atoms with van der Waals surface area (Å²) in [7, 11) is -1.79. The minimum absolute atomic E-state index is 0.176. The summed E-state index contributed by atoms with van der Waals surface area (Å²) in [5.74, 6) is 0. The molecular formula is C10H14N4O2S2. The second-order valence-corrected chi connectivity index (χ2v) is 6.51. The molecule has 0 unspecified atom stereocenters. The molecule has 1 aromatic heterocycles. The minimum Gasteiger partial charge on any atom is -0.388 e. The van der Waals surface area contributed by atoms with Gasteiger partial charge in [0.1, 0.15) is 10.7 Å². The molecule has 2 N–H and O–H groups in total. The van der Waals surface area contributed by atoms with Crippen molar-refractivity contribution >= 4 is 27.4 Å². The van der Waals surface area contributed by atoms with Gasteiger partial charge in [0, 0.05) is 32.9 Å². The van der Waals surface area contributed by atoms with Gasteiger partial charge in [0.2, 0.25) is 0 Å². The van der Waals surface area contributed by atoms with Gasteiger partial charge in [-0.3, -0.25) is 4.98 Å². The number of rotatable bonds is 3. The van der Waals surface area contributed by atoms with E-state index in [1.165, 1.54) is 8.61 Å². The molecule has 1 aliphatic heterocycles. The van der Waals surface area contributed by atoms with E-state index in [0.29, 0.717) is 18.8 Å². The molecule has 0 radical (unpaired) electrons. The first kappa shape index (κ1) is 13.3. The smallest absolute Gasteiger partial charge is 0.282 e. The van der Waals surface area contributed by atoms with Crippen LogP contribution in [0.1, 0.15) is 11.3 Å². The Balaban J connectivity index is 2.28. The molecule has 0 amide bonds. The van der Waals surface area contributed by atoms with Crippen LogP contribution >= 0.6 is 12.2 Å². The normalized spacial score (nSPS) is 20.1. The third-order valence-corrected chi connectivity index (χ3v) is 4.98. The maximum atomic E-state index is 11.9. The Morgan fingerprint density at radius 3 is 2.83 bits per heavy atom. The highest BCUT2D eigenvalue weighted by atomic mass is 32.2. The third kappa shape index (κ3) is 2.37. The fourth-order valence-electron chi connectivity index (χ4n) is 1.82. The zero-order chi connectivity index (χ0) is 13.3. The van der Waals surface area contributed by atoms with Crippen LogP contribution in [0.15, 0.2) is 18.3 Å². The molecule has 98 valence electrons. The van der Waals surface area contributed by atoms with Crippen LogP contribution in [0.25, 0.3) is 0 Å². The van der Waals surface area contributed by atoms with Crippen LogP contribution in [0.3, 0.4) is 0 Å². The molecule has 1 aromatic rings. The fraction of sp³-hybridized carbons (Fsp3) is 0.400. The zero-order valence-corrected chi connectivity index (χ0v) is 11.5. The Morgan fingerprint density at radius 1 is 1.56 bits per heavy atom. The van der Waals surface area contributed by atoms with Gasteiger partial charge in [-0.05, 0) is 11.6 Å². The first-order valence-electron chi connectivity index (χ1n) is 5.38. The number of nitrogens with two attached hydrogens (primary N) is 1. The highest BCUT2D eigenvalue weighted by Gasteiger charge is 2.33. The molecule has 1 saturated heterocycles. The average Bonchev–Trinajstić information content (AvgIpc) is 2.56. The van der Waals surface area contributed by atoms with Gasteiger partial charge in [-0.25, -0.2) is 0 Å². The van der Waals surface area contributed by atoms with E-state index >= 15 is 0 Å².